The number of amides is 1. The summed E-state index contributed by atoms with van der Waals surface area (Å²) in [4.78, 5) is 80.6. The molecule has 0 saturated carbocycles. The molecule has 0 spiro atoms. The Hall–Kier alpha value is -8.02. The number of fused-ring (bicyclic) bond motifs is 1. The number of aryl methyl sites for hydroxylation is 1. The van der Waals surface area contributed by atoms with Crippen molar-refractivity contribution in [1.29, 1.82) is 5.26 Å². The van der Waals surface area contributed by atoms with E-state index < -0.39 is 106 Å². The molecule has 2 aliphatic rings. The minimum absolute atomic E-state index is 0.0975. The first-order valence-corrected chi connectivity index (χ1v) is 32.9. The molecule has 1 unspecified atom stereocenters. The van der Waals surface area contributed by atoms with Gasteiger partial charge in [0.25, 0.3) is 11.5 Å². The van der Waals surface area contributed by atoms with Crippen LogP contribution >= 0.6 is 7.82 Å². The Bertz CT molecular complexity index is 3750. The average molecular weight is 1240 g/mol. The molecule has 2 aliphatic heterocycles. The zero-order chi connectivity index (χ0) is 63.0. The molecule has 88 heavy (non-hydrogen) atoms. The average Bonchev–Trinajstić information content (AvgIpc) is 1.46. The molecule has 2 saturated heterocycles. The number of nitrogens with zero attached hydrogens (tertiary/aromatic N) is 6. The minimum atomic E-state index is -5.05. The lowest BCUT2D eigenvalue weighted by molar-refractivity contribution is -0.153. The van der Waals surface area contributed by atoms with Crippen molar-refractivity contribution in [3.63, 3.8) is 0 Å². The van der Waals surface area contributed by atoms with Crippen LogP contribution in [-0.2, 0) is 56.7 Å². The number of ether oxygens (including phenoxy) is 6. The highest BCUT2D eigenvalue weighted by molar-refractivity contribution is 7.48. The topological polar surface area (TPSA) is 295 Å². The molecule has 24 nitrogen and oxygen atoms in total. The fraction of sp³-hybridized carbons (Fsp3) is 0.403. The lowest BCUT2D eigenvalue weighted by atomic mass is 9.80. The molecule has 1 amide bonds. The predicted octanol–water partition coefficient (Wildman–Crippen LogP) is 9.26. The second-order valence-electron chi connectivity index (χ2n) is 22.7. The maximum Gasteiger partial charge on any atom is 0.475 e. The molecule has 2 fully saturated rings. The molecule has 0 aliphatic carbocycles. The van der Waals surface area contributed by atoms with E-state index in [0.717, 1.165) is 4.57 Å². The molecule has 464 valence electrons. The number of aromatic nitrogens is 6. The number of carbonyl (C=O) groups excluding carboxylic acids is 3. The van der Waals surface area contributed by atoms with Crippen LogP contribution in [0.1, 0.15) is 98.4 Å². The van der Waals surface area contributed by atoms with Gasteiger partial charge in [0.1, 0.15) is 66.0 Å². The number of anilines is 1. The van der Waals surface area contributed by atoms with Gasteiger partial charge in [-0.3, -0.25) is 42.1 Å². The van der Waals surface area contributed by atoms with E-state index in [1.165, 1.54) is 32.7 Å². The molecule has 2 N–H and O–H groups in total. The molecule has 26 heteroatoms. The van der Waals surface area contributed by atoms with Gasteiger partial charge in [0, 0.05) is 30.2 Å². The van der Waals surface area contributed by atoms with Crippen LogP contribution in [0, 0.1) is 18.3 Å². The van der Waals surface area contributed by atoms with Gasteiger partial charge in [-0.05, 0) is 85.1 Å². The zero-order valence-corrected chi connectivity index (χ0v) is 52.2. The molecule has 0 bridgehead atoms. The number of phosphoric acid groups is 1. The maximum atomic E-state index is 16.0. The Labute approximate surface area is 509 Å². The van der Waals surface area contributed by atoms with Crippen LogP contribution in [0.2, 0.25) is 18.1 Å². The monoisotopic (exact) mass is 1240 g/mol. The summed E-state index contributed by atoms with van der Waals surface area (Å²) in [7, 11) is -4.92. The number of carbonyl (C=O) groups is 3. The number of H-pyrrole nitrogens is 1. The molecule has 7 aromatic rings. The summed E-state index contributed by atoms with van der Waals surface area (Å²) in [6.45, 7) is 11.5. The van der Waals surface area contributed by atoms with Gasteiger partial charge in [-0.1, -0.05) is 93.6 Å². The van der Waals surface area contributed by atoms with Crippen molar-refractivity contribution in [3.8, 4) is 17.6 Å². The Morgan fingerprint density at radius 2 is 1.44 bits per heavy atom. The second-order valence-corrected chi connectivity index (χ2v) is 29.1. The number of aromatic amines is 1. The number of methoxy groups -OCH3 is 2. The Balaban J connectivity index is 1.17. The van der Waals surface area contributed by atoms with Crippen molar-refractivity contribution in [2.45, 2.75) is 127 Å². The molecule has 9 rings (SSSR count). The second kappa shape index (κ2) is 27.6. The molecule has 8 atom stereocenters. The summed E-state index contributed by atoms with van der Waals surface area (Å²) in [6.07, 6.45) is -5.56. The summed E-state index contributed by atoms with van der Waals surface area (Å²) in [5.74, 6) is -0.188. The van der Waals surface area contributed by atoms with Crippen LogP contribution in [0.4, 0.5) is 5.82 Å². The predicted molar refractivity (Wildman–Crippen MR) is 323 cm³/mol. The number of ketones is 1. The Morgan fingerprint density at radius 1 is 0.807 bits per heavy atom. The van der Waals surface area contributed by atoms with Gasteiger partial charge in [-0.15, -0.1) is 0 Å². The van der Waals surface area contributed by atoms with Crippen molar-refractivity contribution >= 4 is 50.8 Å². The number of phosphoric ester groups is 1. The van der Waals surface area contributed by atoms with Crippen LogP contribution in [0.25, 0.3) is 11.2 Å². The molecule has 0 radical (unpaired) electrons. The number of benzene rings is 4. The van der Waals surface area contributed by atoms with E-state index in [0.29, 0.717) is 33.8 Å². The van der Waals surface area contributed by atoms with Gasteiger partial charge in [-0.25, -0.2) is 24.3 Å². The molecular formula is C62H71N8O16PSi. The van der Waals surface area contributed by atoms with Crippen molar-refractivity contribution in [1.82, 2.24) is 29.1 Å². The standard InChI is InChI=1S/C62H71N8O16PSi/c1-39-34-69(60(75)68-57(39)73)50-33-47(83-51(72)30-21-40(2)71)48(82-50)36-81-87(76,80-32-16-31-63)85-53-49(35-79-62(42-19-14-11-15-20-42,43-22-26-45(77-6)27-23-43)44-24-28-46(78-7)29-25-44)84-59(54(53)86-88(8,9)61(3,4)5)70-38-66-52-55(64-37-65-56(52)70)67-58(74)41-17-12-10-13-18-41/h10-15,17-20,22-29,34,37-38,47-50,53-54,59H,16,21,30,32-33,35-36H2,1-9H3,(H,68,73,75)(H,64,65,67,74)/t47-,48+,49+,50+,53+,54+,59+,87?/m0/s1. The molecular weight excluding hydrogens is 1170 g/mol. The highest BCUT2D eigenvalue weighted by atomic mass is 31.2. The smallest absolute Gasteiger partial charge is 0.475 e. The molecule has 5 heterocycles. The van der Waals surface area contributed by atoms with E-state index in [-0.39, 0.29) is 60.6 Å². The van der Waals surface area contributed by atoms with Gasteiger partial charge in [-0.2, -0.15) is 5.26 Å². The lowest BCUT2D eigenvalue weighted by Crippen LogP contribution is -2.49. The van der Waals surface area contributed by atoms with E-state index in [4.69, 9.17) is 51.4 Å². The fourth-order valence-electron chi connectivity index (χ4n) is 10.1. The summed E-state index contributed by atoms with van der Waals surface area (Å²) in [6, 6.07) is 34.9. The number of hydrogen-bond acceptors (Lipinski definition) is 20. The highest BCUT2D eigenvalue weighted by Gasteiger charge is 2.56. The number of esters is 1. The first-order chi connectivity index (χ1) is 42.1. The Morgan fingerprint density at radius 3 is 2.06 bits per heavy atom. The summed E-state index contributed by atoms with van der Waals surface area (Å²) in [5.41, 5.74) is 0.149. The van der Waals surface area contributed by atoms with Crippen molar-refractivity contribution < 1.29 is 65.4 Å². The zero-order valence-electron chi connectivity index (χ0n) is 50.3. The number of hydrogen-bond donors (Lipinski definition) is 2. The Kier molecular flexibility index (Phi) is 20.2. The number of nitriles is 1. The SMILES string of the molecule is COc1ccc(C(OC[C@H]2O[C@@H](n3cnc4c(NC(=O)c5ccccc5)ncnc43)[C@H](O[Si](C)(C)C(C)(C)C)[C@@H]2OP(=O)(OCCC#N)OC[C@H]2O[C@@H](n3cc(C)c(=O)[nH]c3=O)C[C@@H]2OC(=O)CCC(C)=O)(c2ccccc2)c2ccc(OC)cc2)cc1. The largest absolute Gasteiger partial charge is 0.497 e. The van der Waals surface area contributed by atoms with Gasteiger partial charge >= 0.3 is 19.5 Å². The number of nitrogens with one attached hydrogen (secondary N) is 2. The van der Waals surface area contributed by atoms with Crippen LogP contribution < -0.4 is 26.0 Å². The van der Waals surface area contributed by atoms with Crippen LogP contribution in [0.15, 0.2) is 138 Å². The molecule has 3 aromatic heterocycles. The van der Waals surface area contributed by atoms with Crippen LogP contribution in [-0.4, -0.2) is 120 Å². The fourth-order valence-corrected chi connectivity index (χ4v) is 12.8. The number of Topliss-reactive ketones (excluding diaryl/α,β-unsaturated/α-hetero) is 1. The van der Waals surface area contributed by atoms with Crippen LogP contribution in [0.5, 0.6) is 11.5 Å². The van der Waals surface area contributed by atoms with E-state index in [2.05, 4.69) is 20.3 Å². The van der Waals surface area contributed by atoms with E-state index in [1.807, 2.05) is 119 Å². The van der Waals surface area contributed by atoms with Crippen molar-refractivity contribution in [3.05, 3.63) is 177 Å². The maximum absolute atomic E-state index is 16.0. The third-order valence-corrected chi connectivity index (χ3v) is 21.7. The van der Waals surface area contributed by atoms with E-state index in [1.54, 1.807) is 49.1 Å². The normalized spacial score (nSPS) is 20.2. The van der Waals surface area contributed by atoms with Gasteiger partial charge in [0.15, 0.2) is 31.5 Å². The van der Waals surface area contributed by atoms with Crippen molar-refractivity contribution in [2.75, 3.05) is 39.4 Å². The summed E-state index contributed by atoms with van der Waals surface area (Å²) < 4.78 is 83.6. The van der Waals surface area contributed by atoms with Crippen LogP contribution in [0.3, 0.4) is 0 Å². The number of rotatable bonds is 26. The summed E-state index contributed by atoms with van der Waals surface area (Å²) in [5, 5.41) is 12.2. The van der Waals surface area contributed by atoms with Gasteiger partial charge in [0.2, 0.25) is 0 Å². The minimum Gasteiger partial charge on any atom is -0.497 e. The van der Waals surface area contributed by atoms with E-state index >= 15 is 4.57 Å². The third kappa shape index (κ3) is 14.4. The third-order valence-electron chi connectivity index (χ3n) is 15.8. The first kappa shape index (κ1) is 64.5. The van der Waals surface area contributed by atoms with Gasteiger partial charge < -0.3 is 43.0 Å². The highest BCUT2D eigenvalue weighted by Crippen LogP contribution is 2.56. The quantitative estimate of drug-likeness (QED) is 0.0168. The van der Waals surface area contributed by atoms with Crippen molar-refractivity contribution in [2.24, 2.45) is 0 Å². The van der Waals surface area contributed by atoms with Gasteiger partial charge in [0.05, 0.1) is 59.3 Å². The number of imidazole rings is 1. The first-order valence-electron chi connectivity index (χ1n) is 28.5. The van der Waals surface area contributed by atoms with E-state index in [9.17, 15) is 29.2 Å². The lowest BCUT2D eigenvalue weighted by Gasteiger charge is -2.41. The molecule has 4 aromatic carbocycles. The summed E-state index contributed by atoms with van der Waals surface area (Å²) >= 11 is 0.